The lowest BCUT2D eigenvalue weighted by Gasteiger charge is -2.14. The van der Waals surface area contributed by atoms with E-state index in [4.69, 9.17) is 37.9 Å². The largest absolute Gasteiger partial charge is 0.478 e. The Kier molecular flexibility index (Phi) is 8.31. The van der Waals surface area contributed by atoms with E-state index in [0.29, 0.717) is 23.4 Å². The fraction of sp³-hybridized carbons (Fsp3) is 0.429. The minimum Gasteiger partial charge on any atom is -0.478 e. The van der Waals surface area contributed by atoms with Crippen LogP contribution < -0.4 is 10.1 Å². The SMILES string of the molecule is CCCCOc1ccc2nc3cc(Cl)ccc3c(NCCCSCCCl)c2n1. The highest BCUT2D eigenvalue weighted by Crippen LogP contribution is 2.32. The number of fused-ring (bicyclic) bond motifs is 2. The number of hydrogen-bond acceptors (Lipinski definition) is 5. The van der Waals surface area contributed by atoms with Gasteiger partial charge in [0.25, 0.3) is 0 Å². The second-order valence-electron chi connectivity index (χ2n) is 6.45. The summed E-state index contributed by atoms with van der Waals surface area (Å²) in [6.07, 6.45) is 3.15. The second kappa shape index (κ2) is 10.9. The van der Waals surface area contributed by atoms with E-state index < -0.39 is 0 Å². The Morgan fingerprint density at radius 3 is 2.79 bits per heavy atom. The Hall–Kier alpha value is -1.43. The molecular formula is C21H25Cl2N3OS. The first-order valence-corrected chi connectivity index (χ1v) is 11.7. The van der Waals surface area contributed by atoms with Gasteiger partial charge in [0, 0.05) is 34.7 Å². The number of halogens is 2. The molecule has 1 N–H and O–H groups in total. The topological polar surface area (TPSA) is 47.0 Å². The molecule has 0 aliphatic rings. The average Bonchev–Trinajstić information content (AvgIpc) is 2.70. The summed E-state index contributed by atoms with van der Waals surface area (Å²) in [5.74, 6) is 3.40. The minimum absolute atomic E-state index is 0.636. The van der Waals surface area contributed by atoms with E-state index in [1.807, 2.05) is 42.1 Å². The normalized spacial score (nSPS) is 11.2. The molecule has 1 aromatic carbocycles. The van der Waals surface area contributed by atoms with Gasteiger partial charge >= 0.3 is 0 Å². The molecule has 0 saturated heterocycles. The quantitative estimate of drug-likeness (QED) is 0.214. The van der Waals surface area contributed by atoms with Gasteiger partial charge in [0.15, 0.2) is 0 Å². The fourth-order valence-corrected chi connectivity index (χ4v) is 4.05. The van der Waals surface area contributed by atoms with Crippen LogP contribution in [0, 0.1) is 0 Å². The lowest BCUT2D eigenvalue weighted by molar-refractivity contribution is 0.299. The summed E-state index contributed by atoms with van der Waals surface area (Å²) >= 11 is 13.8. The van der Waals surface area contributed by atoms with Crippen molar-refractivity contribution in [3.63, 3.8) is 0 Å². The third-order valence-corrected chi connectivity index (χ3v) is 6.01. The number of pyridine rings is 2. The number of anilines is 1. The molecule has 0 aliphatic heterocycles. The van der Waals surface area contributed by atoms with E-state index in [1.165, 1.54) is 0 Å². The molecule has 0 bridgehead atoms. The maximum absolute atomic E-state index is 6.18. The lowest BCUT2D eigenvalue weighted by Crippen LogP contribution is -2.06. The van der Waals surface area contributed by atoms with Crippen molar-refractivity contribution in [2.45, 2.75) is 26.2 Å². The van der Waals surface area contributed by atoms with Crippen molar-refractivity contribution in [2.75, 3.05) is 35.9 Å². The highest BCUT2D eigenvalue weighted by atomic mass is 35.5. The molecule has 0 unspecified atom stereocenters. The van der Waals surface area contributed by atoms with E-state index in [2.05, 4.69) is 12.2 Å². The molecule has 150 valence electrons. The van der Waals surface area contributed by atoms with Crippen LogP contribution in [0.3, 0.4) is 0 Å². The second-order valence-corrected chi connectivity index (χ2v) is 8.49. The van der Waals surface area contributed by atoms with Crippen LogP contribution in [0.1, 0.15) is 26.2 Å². The number of thioether (sulfide) groups is 1. The Labute approximate surface area is 180 Å². The molecular weight excluding hydrogens is 413 g/mol. The average molecular weight is 438 g/mol. The number of nitrogens with zero attached hydrogens (tertiary/aromatic N) is 2. The summed E-state index contributed by atoms with van der Waals surface area (Å²) in [5.41, 5.74) is 3.51. The van der Waals surface area contributed by atoms with Gasteiger partial charge in [-0.1, -0.05) is 24.9 Å². The summed E-state index contributed by atoms with van der Waals surface area (Å²) < 4.78 is 5.81. The molecule has 2 heterocycles. The number of alkyl halides is 1. The number of ether oxygens (including phenoxy) is 1. The molecule has 0 amide bonds. The predicted molar refractivity (Wildman–Crippen MR) is 124 cm³/mol. The highest BCUT2D eigenvalue weighted by Gasteiger charge is 2.12. The standard InChI is InChI=1S/C21H25Cl2N3OS/c1-2-3-11-27-19-8-7-17-21(26-19)20(24-10-4-12-28-13-9-22)16-6-5-15(23)14-18(16)25-17/h5-8,14H,2-4,9-13H2,1H3,(H,24,25). The molecule has 3 aromatic rings. The molecule has 3 rings (SSSR count). The van der Waals surface area contributed by atoms with Crippen LogP contribution in [-0.2, 0) is 0 Å². The summed E-state index contributed by atoms with van der Waals surface area (Å²) in [6, 6.07) is 9.63. The van der Waals surface area contributed by atoms with E-state index in [-0.39, 0.29) is 0 Å². The van der Waals surface area contributed by atoms with Gasteiger partial charge in [0.2, 0.25) is 5.88 Å². The number of aromatic nitrogens is 2. The first-order valence-electron chi connectivity index (χ1n) is 9.63. The van der Waals surface area contributed by atoms with Gasteiger partial charge in [-0.15, -0.1) is 11.6 Å². The molecule has 0 radical (unpaired) electrons. The number of benzene rings is 1. The van der Waals surface area contributed by atoms with Gasteiger partial charge in [-0.05, 0) is 42.9 Å². The molecule has 0 spiro atoms. The van der Waals surface area contributed by atoms with Gasteiger partial charge < -0.3 is 10.1 Å². The molecule has 28 heavy (non-hydrogen) atoms. The first kappa shape index (κ1) is 21.3. The van der Waals surface area contributed by atoms with Crippen LogP contribution in [0.2, 0.25) is 5.02 Å². The highest BCUT2D eigenvalue weighted by molar-refractivity contribution is 7.99. The zero-order valence-electron chi connectivity index (χ0n) is 16.0. The summed E-state index contributed by atoms with van der Waals surface area (Å²) in [6.45, 7) is 3.67. The van der Waals surface area contributed by atoms with Crippen LogP contribution in [0.25, 0.3) is 21.9 Å². The van der Waals surface area contributed by atoms with Crippen molar-refractivity contribution in [1.82, 2.24) is 9.97 Å². The fourth-order valence-electron chi connectivity index (χ4n) is 2.90. The van der Waals surface area contributed by atoms with Gasteiger partial charge in [-0.3, -0.25) is 0 Å². The number of unbranched alkanes of at least 4 members (excludes halogenated alkanes) is 1. The zero-order chi connectivity index (χ0) is 19.8. The lowest BCUT2D eigenvalue weighted by atomic mass is 10.1. The van der Waals surface area contributed by atoms with Crippen LogP contribution in [0.4, 0.5) is 5.69 Å². The van der Waals surface area contributed by atoms with Crippen molar-refractivity contribution in [3.05, 3.63) is 35.4 Å². The van der Waals surface area contributed by atoms with Crippen molar-refractivity contribution in [3.8, 4) is 5.88 Å². The van der Waals surface area contributed by atoms with Gasteiger partial charge in [0.05, 0.1) is 23.3 Å². The van der Waals surface area contributed by atoms with E-state index in [1.54, 1.807) is 0 Å². The van der Waals surface area contributed by atoms with Gasteiger partial charge in [-0.25, -0.2) is 9.97 Å². The van der Waals surface area contributed by atoms with E-state index in [9.17, 15) is 0 Å². The smallest absolute Gasteiger partial charge is 0.213 e. The van der Waals surface area contributed by atoms with Crippen molar-refractivity contribution in [2.24, 2.45) is 0 Å². The predicted octanol–water partition coefficient (Wildman–Crippen LogP) is 6.39. The molecule has 4 nitrogen and oxygen atoms in total. The van der Waals surface area contributed by atoms with Crippen LogP contribution in [-0.4, -0.2) is 40.5 Å². The van der Waals surface area contributed by atoms with Crippen LogP contribution in [0.5, 0.6) is 5.88 Å². The van der Waals surface area contributed by atoms with Crippen molar-refractivity contribution >= 4 is 62.6 Å². The Balaban J connectivity index is 1.90. The zero-order valence-corrected chi connectivity index (χ0v) is 18.3. The molecule has 2 aromatic heterocycles. The van der Waals surface area contributed by atoms with Crippen molar-refractivity contribution in [1.29, 1.82) is 0 Å². The molecule has 0 aliphatic carbocycles. The third-order valence-electron chi connectivity index (χ3n) is 4.29. The minimum atomic E-state index is 0.636. The molecule has 7 heteroatoms. The summed E-state index contributed by atoms with van der Waals surface area (Å²) in [5, 5.41) is 5.27. The molecule has 0 fully saturated rings. The Morgan fingerprint density at radius 2 is 1.96 bits per heavy atom. The van der Waals surface area contributed by atoms with E-state index >= 15 is 0 Å². The molecule has 0 atom stereocenters. The van der Waals surface area contributed by atoms with Crippen LogP contribution in [0.15, 0.2) is 30.3 Å². The summed E-state index contributed by atoms with van der Waals surface area (Å²) in [4.78, 5) is 9.49. The number of hydrogen-bond donors (Lipinski definition) is 1. The van der Waals surface area contributed by atoms with Crippen molar-refractivity contribution < 1.29 is 4.74 Å². The van der Waals surface area contributed by atoms with Gasteiger partial charge in [0.1, 0.15) is 5.52 Å². The monoisotopic (exact) mass is 437 g/mol. The van der Waals surface area contributed by atoms with Gasteiger partial charge in [-0.2, -0.15) is 11.8 Å². The maximum atomic E-state index is 6.18. The van der Waals surface area contributed by atoms with Crippen LogP contribution >= 0.6 is 35.0 Å². The maximum Gasteiger partial charge on any atom is 0.213 e. The Morgan fingerprint density at radius 1 is 1.07 bits per heavy atom. The number of rotatable bonds is 11. The third kappa shape index (κ3) is 5.56. The Bertz CT molecular complexity index is 923. The van der Waals surface area contributed by atoms with E-state index in [0.717, 1.165) is 64.9 Å². The first-order chi connectivity index (χ1) is 13.7. The summed E-state index contributed by atoms with van der Waals surface area (Å²) in [7, 11) is 0. The number of nitrogens with one attached hydrogen (secondary N) is 1. The molecule has 0 saturated carbocycles.